The van der Waals surface area contributed by atoms with Crippen LogP contribution in [-0.4, -0.2) is 64.2 Å². The molecule has 0 bridgehead atoms. The predicted molar refractivity (Wildman–Crippen MR) is 172 cm³/mol. The van der Waals surface area contributed by atoms with Crippen LogP contribution >= 0.6 is 0 Å². The Morgan fingerprint density at radius 2 is 1.61 bits per heavy atom. The van der Waals surface area contributed by atoms with Crippen LogP contribution in [0, 0.1) is 6.92 Å². The van der Waals surface area contributed by atoms with E-state index in [1.165, 1.54) is 19.1 Å². The number of hydrogen-bond donors (Lipinski definition) is 1. The number of ether oxygens (including phenoxy) is 2. The topological polar surface area (TPSA) is 105 Å². The fourth-order valence-electron chi connectivity index (χ4n) is 5.69. The molecule has 2 amide bonds. The molecular formula is C34H43N3O6S. The minimum absolute atomic E-state index is 0.0431. The molecule has 0 unspecified atom stereocenters. The predicted octanol–water partition coefficient (Wildman–Crippen LogP) is 4.87. The van der Waals surface area contributed by atoms with Gasteiger partial charge in [-0.15, -0.1) is 0 Å². The molecule has 9 nitrogen and oxygen atoms in total. The quantitative estimate of drug-likeness (QED) is 0.292. The highest BCUT2D eigenvalue weighted by molar-refractivity contribution is 7.92. The van der Waals surface area contributed by atoms with Crippen molar-refractivity contribution < 1.29 is 27.5 Å². The van der Waals surface area contributed by atoms with E-state index >= 15 is 0 Å². The number of anilines is 1. The van der Waals surface area contributed by atoms with Gasteiger partial charge >= 0.3 is 0 Å². The lowest BCUT2D eigenvalue weighted by atomic mass is 9.94. The van der Waals surface area contributed by atoms with Gasteiger partial charge < -0.3 is 19.7 Å². The van der Waals surface area contributed by atoms with Gasteiger partial charge in [0.25, 0.3) is 0 Å². The Hall–Kier alpha value is -4.05. The van der Waals surface area contributed by atoms with Crippen LogP contribution in [0.15, 0.2) is 72.8 Å². The fraction of sp³-hybridized carbons (Fsp3) is 0.412. The average molecular weight is 622 g/mol. The Balaban J connectivity index is 1.75. The molecular weight excluding hydrogens is 578 g/mol. The van der Waals surface area contributed by atoms with Crippen LogP contribution in [0.1, 0.15) is 48.8 Å². The van der Waals surface area contributed by atoms with E-state index in [1.54, 1.807) is 18.2 Å². The van der Waals surface area contributed by atoms with E-state index in [9.17, 15) is 18.0 Å². The van der Waals surface area contributed by atoms with Gasteiger partial charge in [0.1, 0.15) is 24.1 Å². The molecule has 1 aliphatic rings. The number of amides is 2. The molecule has 4 rings (SSSR count). The molecule has 3 aromatic rings. The summed E-state index contributed by atoms with van der Waals surface area (Å²) in [6.45, 7) is 1.58. The number of rotatable bonds is 13. The summed E-state index contributed by atoms with van der Waals surface area (Å²) >= 11 is 0. The maximum absolute atomic E-state index is 14.4. The van der Waals surface area contributed by atoms with Gasteiger partial charge in [-0.05, 0) is 43.0 Å². The zero-order valence-corrected chi connectivity index (χ0v) is 26.8. The Labute approximate surface area is 261 Å². The van der Waals surface area contributed by atoms with Crippen LogP contribution < -0.4 is 19.1 Å². The van der Waals surface area contributed by atoms with Crippen LogP contribution in [0.3, 0.4) is 0 Å². The zero-order chi connectivity index (χ0) is 31.7. The molecule has 0 heterocycles. The van der Waals surface area contributed by atoms with Crippen LogP contribution in [0.2, 0.25) is 0 Å². The average Bonchev–Trinajstić information content (AvgIpc) is 3.01. The summed E-state index contributed by atoms with van der Waals surface area (Å²) in [5.74, 6) is -0.0262. The third-order valence-corrected chi connectivity index (χ3v) is 9.12. The van der Waals surface area contributed by atoms with Gasteiger partial charge in [0.15, 0.2) is 0 Å². The molecule has 0 aromatic heterocycles. The molecule has 1 atom stereocenters. The van der Waals surface area contributed by atoms with Crippen molar-refractivity contribution in [3.05, 3.63) is 89.5 Å². The van der Waals surface area contributed by atoms with Crippen molar-refractivity contribution >= 4 is 27.5 Å². The number of aryl methyl sites for hydroxylation is 1. The van der Waals surface area contributed by atoms with Crippen molar-refractivity contribution in [2.75, 3.05) is 31.3 Å². The first kappa shape index (κ1) is 32.9. The monoisotopic (exact) mass is 621 g/mol. The minimum Gasteiger partial charge on any atom is -0.497 e. The highest BCUT2D eigenvalue weighted by atomic mass is 32.2. The second-order valence-electron chi connectivity index (χ2n) is 11.4. The van der Waals surface area contributed by atoms with Crippen molar-refractivity contribution in [1.82, 2.24) is 10.2 Å². The number of carbonyl (C=O) groups excluding carboxylic acids is 2. The molecule has 0 saturated heterocycles. The van der Waals surface area contributed by atoms with Crippen LogP contribution in [0.4, 0.5) is 5.69 Å². The number of carbonyl (C=O) groups is 2. The first-order chi connectivity index (χ1) is 21.1. The van der Waals surface area contributed by atoms with Crippen molar-refractivity contribution in [2.24, 2.45) is 0 Å². The minimum atomic E-state index is -3.94. The summed E-state index contributed by atoms with van der Waals surface area (Å²) in [6.07, 6.45) is 6.37. The summed E-state index contributed by atoms with van der Waals surface area (Å²) in [5.41, 5.74) is 2.96. The Kier molecular flexibility index (Phi) is 11.3. The van der Waals surface area contributed by atoms with Crippen molar-refractivity contribution in [2.45, 2.75) is 64.1 Å². The van der Waals surface area contributed by atoms with Gasteiger partial charge in [-0.25, -0.2) is 8.42 Å². The van der Waals surface area contributed by atoms with Gasteiger partial charge in [0.2, 0.25) is 21.8 Å². The number of nitrogens with zero attached hydrogens (tertiary/aromatic N) is 2. The summed E-state index contributed by atoms with van der Waals surface area (Å²) in [7, 11) is -1.01. The lowest BCUT2D eigenvalue weighted by Crippen LogP contribution is -2.55. The van der Waals surface area contributed by atoms with Crippen LogP contribution in [0.5, 0.6) is 11.5 Å². The zero-order valence-electron chi connectivity index (χ0n) is 26.0. The molecule has 0 aliphatic heterocycles. The second-order valence-corrected chi connectivity index (χ2v) is 13.3. The smallest absolute Gasteiger partial charge is 0.244 e. The Morgan fingerprint density at radius 1 is 0.909 bits per heavy atom. The van der Waals surface area contributed by atoms with Gasteiger partial charge in [0, 0.05) is 25.1 Å². The maximum atomic E-state index is 14.4. The maximum Gasteiger partial charge on any atom is 0.244 e. The third kappa shape index (κ3) is 8.75. The van der Waals surface area contributed by atoms with E-state index in [-0.39, 0.29) is 36.4 Å². The van der Waals surface area contributed by atoms with E-state index < -0.39 is 28.5 Å². The third-order valence-electron chi connectivity index (χ3n) is 7.99. The fourth-order valence-corrected chi connectivity index (χ4v) is 6.54. The largest absolute Gasteiger partial charge is 0.497 e. The lowest BCUT2D eigenvalue weighted by Gasteiger charge is -2.35. The van der Waals surface area contributed by atoms with Gasteiger partial charge in [-0.3, -0.25) is 13.9 Å². The first-order valence-corrected chi connectivity index (χ1v) is 16.8. The number of hydrogen-bond acceptors (Lipinski definition) is 6. The second kappa shape index (κ2) is 15.1. The molecule has 236 valence electrons. The Bertz CT molecular complexity index is 1520. The molecule has 10 heteroatoms. The highest BCUT2D eigenvalue weighted by Gasteiger charge is 2.34. The van der Waals surface area contributed by atoms with Crippen LogP contribution in [-0.2, 0) is 32.6 Å². The molecule has 0 spiro atoms. The SMILES string of the molecule is COc1ccc(N(CC(=O)N(Cc2cccc(C)c2)[C@@H](Cc2ccccc2)C(=O)NC2CCCCC2)S(C)(=O)=O)c(OC)c1. The van der Waals surface area contributed by atoms with E-state index in [0.717, 1.165) is 59.4 Å². The van der Waals surface area contributed by atoms with Gasteiger partial charge in [-0.1, -0.05) is 79.4 Å². The molecule has 0 radical (unpaired) electrons. The summed E-state index contributed by atoms with van der Waals surface area (Å²) in [6, 6.07) is 21.2. The van der Waals surface area contributed by atoms with E-state index in [2.05, 4.69) is 5.32 Å². The van der Waals surface area contributed by atoms with E-state index in [0.29, 0.717) is 5.75 Å². The molecule has 1 saturated carbocycles. The molecule has 3 aromatic carbocycles. The Morgan fingerprint density at radius 3 is 2.25 bits per heavy atom. The summed E-state index contributed by atoms with van der Waals surface area (Å²) in [4.78, 5) is 30.0. The standard InChI is InChI=1S/C34H43N3O6S/c1-25-12-11-15-27(20-25)23-36(31(21-26-13-7-5-8-14-26)34(39)35-28-16-9-6-10-17-28)33(38)24-37(44(4,40)41)30-19-18-29(42-2)22-32(30)43-3/h5,7-8,11-15,18-20,22,28,31H,6,9-10,16-17,21,23-24H2,1-4H3,(H,35,39)/t31-/m0/s1. The van der Waals surface area contributed by atoms with E-state index in [1.807, 2.05) is 61.5 Å². The summed E-state index contributed by atoms with van der Waals surface area (Å²) in [5, 5.41) is 3.22. The van der Waals surface area contributed by atoms with Crippen LogP contribution in [0.25, 0.3) is 0 Å². The van der Waals surface area contributed by atoms with Crippen molar-refractivity contribution in [3.63, 3.8) is 0 Å². The number of benzene rings is 3. The van der Waals surface area contributed by atoms with Crippen molar-refractivity contribution in [1.29, 1.82) is 0 Å². The molecule has 44 heavy (non-hydrogen) atoms. The highest BCUT2D eigenvalue weighted by Crippen LogP contribution is 2.34. The van der Waals surface area contributed by atoms with E-state index in [4.69, 9.17) is 9.47 Å². The first-order valence-electron chi connectivity index (χ1n) is 15.0. The van der Waals surface area contributed by atoms with Crippen molar-refractivity contribution in [3.8, 4) is 11.5 Å². The molecule has 1 aliphatic carbocycles. The van der Waals surface area contributed by atoms with Gasteiger partial charge in [0.05, 0.1) is 26.2 Å². The number of nitrogens with one attached hydrogen (secondary N) is 1. The number of sulfonamides is 1. The van der Waals surface area contributed by atoms with Gasteiger partial charge in [-0.2, -0.15) is 0 Å². The number of methoxy groups -OCH3 is 2. The summed E-state index contributed by atoms with van der Waals surface area (Å²) < 4.78 is 38.1. The molecule has 1 N–H and O–H groups in total. The normalized spacial score (nSPS) is 14.4. The molecule has 1 fully saturated rings. The lowest BCUT2D eigenvalue weighted by molar-refractivity contribution is -0.140.